The average molecular weight is 530 g/mol. The summed E-state index contributed by atoms with van der Waals surface area (Å²) in [4.78, 5) is 26.7. The molecule has 7 nitrogen and oxygen atoms in total. The highest BCUT2D eigenvalue weighted by Crippen LogP contribution is 2.32. The highest BCUT2D eigenvalue weighted by atomic mass is 19.1. The summed E-state index contributed by atoms with van der Waals surface area (Å²) in [5.74, 6) is -1.12. The number of carbonyl (C=O) groups is 2. The third-order valence-electron chi connectivity index (χ3n) is 6.14. The fourth-order valence-corrected chi connectivity index (χ4v) is 4.52. The molecule has 0 saturated heterocycles. The highest BCUT2D eigenvalue weighted by molar-refractivity contribution is 5.98. The van der Waals surface area contributed by atoms with Crippen LogP contribution in [0.25, 0.3) is 11.1 Å². The normalized spacial score (nSPS) is 12.2. The predicted octanol–water partition coefficient (Wildman–Crippen LogP) is 6.76. The van der Waals surface area contributed by atoms with Crippen molar-refractivity contribution >= 4 is 17.7 Å². The summed E-state index contributed by atoms with van der Waals surface area (Å²) in [6.07, 6.45) is -0.737. The minimum Gasteiger partial charge on any atom is -0.444 e. The molecular weight excluding hydrogens is 497 g/mol. The molecule has 39 heavy (non-hydrogen) atoms. The summed E-state index contributed by atoms with van der Waals surface area (Å²) in [6, 6.07) is 22.2. The van der Waals surface area contributed by atoms with Crippen LogP contribution in [-0.4, -0.2) is 28.8 Å². The third kappa shape index (κ3) is 6.71. The summed E-state index contributed by atoms with van der Waals surface area (Å²) in [5, 5.41) is 9.44. The number of nitrogens with zero attached hydrogens (tertiary/aromatic N) is 1. The molecule has 1 atom stereocenters. The van der Waals surface area contributed by atoms with Gasteiger partial charge in [0.05, 0.1) is 11.3 Å². The molecule has 0 bridgehead atoms. The van der Waals surface area contributed by atoms with Gasteiger partial charge < -0.3 is 19.9 Å². The standard InChI is InChI=1S/C31H32FN3O4/c1-19-26(20(2)39-35-19)24-17-16-23(18-25(24)32)33-29(36)28(34-30(37)38-31(3,4)5)27(21-12-8-6-9-13-21)22-14-10-7-11-15-22/h6-18,27-28H,1-5H3,(H,33,36)(H,34,37). The molecular formula is C31H32FN3O4. The summed E-state index contributed by atoms with van der Waals surface area (Å²) in [5.41, 5.74) is 2.57. The van der Waals surface area contributed by atoms with Crippen molar-refractivity contribution in [3.8, 4) is 11.1 Å². The molecule has 0 spiro atoms. The largest absolute Gasteiger partial charge is 0.444 e. The van der Waals surface area contributed by atoms with Gasteiger partial charge in [0.2, 0.25) is 5.91 Å². The average Bonchev–Trinajstić information content (AvgIpc) is 3.21. The predicted molar refractivity (Wildman–Crippen MR) is 148 cm³/mol. The summed E-state index contributed by atoms with van der Waals surface area (Å²) in [7, 11) is 0. The van der Waals surface area contributed by atoms with Crippen LogP contribution in [0, 0.1) is 19.7 Å². The van der Waals surface area contributed by atoms with E-state index >= 15 is 4.39 Å². The number of halogens is 1. The lowest BCUT2D eigenvalue weighted by molar-refractivity contribution is -0.118. The minimum atomic E-state index is -1.07. The van der Waals surface area contributed by atoms with Gasteiger partial charge in [-0.2, -0.15) is 0 Å². The van der Waals surface area contributed by atoms with E-state index in [1.54, 1.807) is 46.8 Å². The van der Waals surface area contributed by atoms with Crippen molar-refractivity contribution in [1.29, 1.82) is 0 Å². The Kier molecular flexibility index (Phi) is 8.14. The van der Waals surface area contributed by atoms with Gasteiger partial charge in [0.15, 0.2) is 0 Å². The van der Waals surface area contributed by atoms with Gasteiger partial charge in [-0.05, 0) is 63.9 Å². The molecule has 202 valence electrons. The maximum absolute atomic E-state index is 15.2. The zero-order valence-electron chi connectivity index (χ0n) is 22.6. The van der Waals surface area contributed by atoms with E-state index < -0.39 is 35.4 Å². The number of hydrogen-bond donors (Lipinski definition) is 2. The number of aryl methyl sites for hydroxylation is 2. The number of amides is 2. The minimum absolute atomic E-state index is 0.240. The van der Waals surface area contributed by atoms with Crippen molar-refractivity contribution in [3.63, 3.8) is 0 Å². The first-order valence-corrected chi connectivity index (χ1v) is 12.7. The maximum atomic E-state index is 15.2. The second kappa shape index (κ2) is 11.5. The number of alkyl carbamates (subject to hydrolysis) is 1. The van der Waals surface area contributed by atoms with E-state index in [0.717, 1.165) is 11.1 Å². The molecule has 1 heterocycles. The van der Waals surface area contributed by atoms with Crippen molar-refractivity contribution in [2.24, 2.45) is 0 Å². The van der Waals surface area contributed by atoms with Crippen LogP contribution in [-0.2, 0) is 9.53 Å². The molecule has 4 rings (SSSR count). The van der Waals surface area contributed by atoms with Crippen LogP contribution in [0.4, 0.5) is 14.9 Å². The van der Waals surface area contributed by atoms with E-state index in [2.05, 4.69) is 15.8 Å². The van der Waals surface area contributed by atoms with Gasteiger partial charge in [-0.15, -0.1) is 0 Å². The molecule has 0 radical (unpaired) electrons. The second-order valence-electron chi connectivity index (χ2n) is 10.3. The molecule has 2 amide bonds. The molecule has 4 aromatic rings. The number of hydrogen-bond acceptors (Lipinski definition) is 5. The Bertz CT molecular complexity index is 1390. The quantitative estimate of drug-likeness (QED) is 0.276. The van der Waals surface area contributed by atoms with Crippen molar-refractivity contribution in [2.45, 2.75) is 52.2 Å². The Morgan fingerprint density at radius 3 is 2.00 bits per heavy atom. The Balaban J connectivity index is 1.70. The van der Waals surface area contributed by atoms with Crippen LogP contribution in [0.1, 0.15) is 49.3 Å². The zero-order chi connectivity index (χ0) is 28.2. The number of benzene rings is 3. The van der Waals surface area contributed by atoms with E-state index in [1.807, 2.05) is 60.7 Å². The first kappa shape index (κ1) is 27.6. The van der Waals surface area contributed by atoms with Crippen LogP contribution in [0.5, 0.6) is 0 Å². The second-order valence-corrected chi connectivity index (χ2v) is 10.3. The van der Waals surface area contributed by atoms with Crippen LogP contribution in [0.15, 0.2) is 83.4 Å². The third-order valence-corrected chi connectivity index (χ3v) is 6.14. The first-order chi connectivity index (χ1) is 18.5. The van der Waals surface area contributed by atoms with E-state index in [1.165, 1.54) is 6.07 Å². The molecule has 0 aliphatic heterocycles. The Morgan fingerprint density at radius 2 is 1.51 bits per heavy atom. The number of anilines is 1. The fraction of sp³-hybridized carbons (Fsp3) is 0.258. The van der Waals surface area contributed by atoms with Gasteiger partial charge in [0.25, 0.3) is 0 Å². The number of nitrogens with one attached hydrogen (secondary N) is 2. The molecule has 8 heteroatoms. The van der Waals surface area contributed by atoms with E-state index in [0.29, 0.717) is 22.6 Å². The van der Waals surface area contributed by atoms with Gasteiger partial charge >= 0.3 is 6.09 Å². The zero-order valence-corrected chi connectivity index (χ0v) is 22.6. The Labute approximate surface area is 227 Å². The molecule has 2 N–H and O–H groups in total. The van der Waals surface area contributed by atoms with Crippen molar-refractivity contribution in [1.82, 2.24) is 10.5 Å². The smallest absolute Gasteiger partial charge is 0.408 e. The number of carbonyl (C=O) groups excluding carboxylic acids is 2. The van der Waals surface area contributed by atoms with E-state index in [9.17, 15) is 9.59 Å². The summed E-state index contributed by atoms with van der Waals surface area (Å²) >= 11 is 0. The Hall–Kier alpha value is -4.46. The molecule has 1 unspecified atom stereocenters. The lowest BCUT2D eigenvalue weighted by Gasteiger charge is -2.29. The molecule has 0 fully saturated rings. The van der Waals surface area contributed by atoms with Gasteiger partial charge in [-0.1, -0.05) is 65.8 Å². The van der Waals surface area contributed by atoms with E-state index in [-0.39, 0.29) is 5.69 Å². The molecule has 3 aromatic carbocycles. The lowest BCUT2D eigenvalue weighted by Crippen LogP contribution is -2.49. The monoisotopic (exact) mass is 529 g/mol. The number of rotatable bonds is 7. The van der Waals surface area contributed by atoms with Gasteiger partial charge in [-0.3, -0.25) is 4.79 Å². The van der Waals surface area contributed by atoms with Crippen LogP contribution in [0.3, 0.4) is 0 Å². The molecule has 0 aliphatic carbocycles. The van der Waals surface area contributed by atoms with Crippen LogP contribution in [0.2, 0.25) is 0 Å². The first-order valence-electron chi connectivity index (χ1n) is 12.7. The van der Waals surface area contributed by atoms with Gasteiger partial charge in [0.1, 0.15) is 23.2 Å². The lowest BCUT2D eigenvalue weighted by atomic mass is 9.84. The van der Waals surface area contributed by atoms with Crippen LogP contribution >= 0.6 is 0 Å². The highest BCUT2D eigenvalue weighted by Gasteiger charge is 2.34. The van der Waals surface area contributed by atoms with Crippen molar-refractivity contribution in [3.05, 3.63) is 107 Å². The molecule has 1 aromatic heterocycles. The number of ether oxygens (including phenoxy) is 1. The number of aromatic nitrogens is 1. The van der Waals surface area contributed by atoms with E-state index in [4.69, 9.17) is 9.26 Å². The summed E-state index contributed by atoms with van der Waals surface area (Å²) in [6.45, 7) is 8.69. The topological polar surface area (TPSA) is 93.5 Å². The molecule has 0 saturated carbocycles. The van der Waals surface area contributed by atoms with Gasteiger partial charge in [-0.25, -0.2) is 9.18 Å². The Morgan fingerprint density at radius 1 is 0.923 bits per heavy atom. The SMILES string of the molecule is Cc1noc(C)c1-c1ccc(NC(=O)C(NC(=O)OC(C)(C)C)C(c2ccccc2)c2ccccc2)cc1F. The van der Waals surface area contributed by atoms with Crippen LogP contribution < -0.4 is 10.6 Å². The maximum Gasteiger partial charge on any atom is 0.408 e. The van der Waals surface area contributed by atoms with Crippen molar-refractivity contribution in [2.75, 3.05) is 5.32 Å². The van der Waals surface area contributed by atoms with Crippen molar-refractivity contribution < 1.29 is 23.2 Å². The summed E-state index contributed by atoms with van der Waals surface area (Å²) < 4.78 is 25.9. The molecule has 0 aliphatic rings. The van der Waals surface area contributed by atoms with Gasteiger partial charge in [0, 0.05) is 17.2 Å². The fourth-order valence-electron chi connectivity index (χ4n) is 4.52.